The molecule has 0 saturated carbocycles. The Morgan fingerprint density at radius 3 is 2.94 bits per heavy atom. The molecule has 0 aromatic carbocycles. The Hall–Kier alpha value is -2.05. The first-order chi connectivity index (χ1) is 8.72. The second kappa shape index (κ2) is 7.31. The van der Waals surface area contributed by atoms with Crippen LogP contribution >= 0.6 is 11.8 Å². The zero-order chi connectivity index (χ0) is 13.4. The Morgan fingerprint density at radius 1 is 1.56 bits per heavy atom. The molecule has 0 amide bonds. The summed E-state index contributed by atoms with van der Waals surface area (Å²) >= 11 is 1.65. The molecule has 0 aliphatic carbocycles. The third-order valence-electron chi connectivity index (χ3n) is 2.00. The summed E-state index contributed by atoms with van der Waals surface area (Å²) in [6.45, 7) is 3.78. The number of rotatable bonds is 5. The molecular weight excluding hydrogens is 248 g/mol. The van der Waals surface area contributed by atoms with Crippen molar-refractivity contribution in [2.24, 2.45) is 5.16 Å². The highest BCUT2D eigenvalue weighted by molar-refractivity contribution is 7.99. The third-order valence-corrected chi connectivity index (χ3v) is 3.02. The number of hydrogen-bond acceptors (Lipinski definition) is 6. The van der Waals surface area contributed by atoms with E-state index in [-0.39, 0.29) is 12.3 Å². The summed E-state index contributed by atoms with van der Waals surface area (Å²) < 4.78 is 0. The number of hydrogen-bond donors (Lipinski definition) is 0. The monoisotopic (exact) mass is 260 g/mol. The van der Waals surface area contributed by atoms with E-state index < -0.39 is 0 Å². The summed E-state index contributed by atoms with van der Waals surface area (Å²) in [6, 6.07) is 5.57. The molecule has 1 aromatic heterocycles. The maximum atomic E-state index is 8.99. The van der Waals surface area contributed by atoms with Gasteiger partial charge < -0.3 is 4.84 Å². The van der Waals surface area contributed by atoms with Crippen LogP contribution < -0.4 is 0 Å². The number of pyridine rings is 1. The van der Waals surface area contributed by atoms with Crippen LogP contribution in [0.4, 0.5) is 0 Å². The number of nitrogens with zero attached hydrogens (tertiary/aromatic N) is 4. The van der Waals surface area contributed by atoms with E-state index in [0.717, 1.165) is 16.3 Å². The van der Waals surface area contributed by atoms with Gasteiger partial charge >= 0.3 is 0 Å². The highest BCUT2D eigenvalue weighted by Crippen LogP contribution is 2.21. The zero-order valence-electron chi connectivity index (χ0n) is 10.2. The van der Waals surface area contributed by atoms with E-state index in [4.69, 9.17) is 15.4 Å². The molecule has 0 radical (unpaired) electrons. The lowest BCUT2D eigenvalue weighted by molar-refractivity contribution is 0.179. The van der Waals surface area contributed by atoms with E-state index in [9.17, 15) is 0 Å². The molecule has 5 nitrogen and oxygen atoms in total. The fourth-order valence-corrected chi connectivity index (χ4v) is 1.99. The lowest BCUT2D eigenvalue weighted by Gasteiger charge is -2.05. The Labute approximate surface area is 110 Å². The summed E-state index contributed by atoms with van der Waals surface area (Å²) in [6.07, 6.45) is 1.58. The van der Waals surface area contributed by atoms with Crippen molar-refractivity contribution in [3.05, 3.63) is 23.5 Å². The van der Waals surface area contributed by atoms with Crippen LogP contribution in [0.2, 0.25) is 0 Å². The zero-order valence-corrected chi connectivity index (χ0v) is 11.0. The molecule has 92 valence electrons. The third kappa shape index (κ3) is 3.76. The molecule has 0 spiro atoms. The van der Waals surface area contributed by atoms with Gasteiger partial charge in [0.05, 0.1) is 5.69 Å². The first-order valence-corrected chi connectivity index (χ1v) is 6.28. The average Bonchev–Trinajstić information content (AvgIpc) is 2.38. The van der Waals surface area contributed by atoms with Crippen molar-refractivity contribution in [2.75, 3.05) is 12.4 Å². The first-order valence-electron chi connectivity index (χ1n) is 5.29. The summed E-state index contributed by atoms with van der Waals surface area (Å²) in [7, 11) is 0. The molecule has 0 unspecified atom stereocenters. The van der Waals surface area contributed by atoms with Crippen molar-refractivity contribution in [1.29, 1.82) is 10.5 Å². The van der Waals surface area contributed by atoms with Crippen LogP contribution in [0.5, 0.6) is 0 Å². The topological polar surface area (TPSA) is 82.1 Å². The Kier molecular flexibility index (Phi) is 5.69. The van der Waals surface area contributed by atoms with Gasteiger partial charge in [-0.25, -0.2) is 0 Å². The summed E-state index contributed by atoms with van der Waals surface area (Å²) in [4.78, 5) is 9.92. The number of aryl methyl sites for hydroxylation is 1. The van der Waals surface area contributed by atoms with Crippen molar-refractivity contribution in [3.8, 4) is 12.1 Å². The summed E-state index contributed by atoms with van der Waals surface area (Å²) in [5.41, 5.74) is 1.63. The lowest BCUT2D eigenvalue weighted by atomic mass is 10.2. The van der Waals surface area contributed by atoms with Gasteiger partial charge in [-0.1, -0.05) is 12.1 Å². The second-order valence-corrected chi connectivity index (χ2v) is 4.53. The number of oxime groups is 1. The maximum absolute atomic E-state index is 8.99. The fourth-order valence-electron chi connectivity index (χ4n) is 1.21. The smallest absolute Gasteiger partial charge is 0.202 e. The normalized spacial score (nSPS) is 10.6. The van der Waals surface area contributed by atoms with E-state index in [2.05, 4.69) is 10.1 Å². The minimum absolute atomic E-state index is 0.121. The van der Waals surface area contributed by atoms with Crippen molar-refractivity contribution in [3.63, 3.8) is 0 Å². The molecule has 0 bridgehead atoms. The average molecular weight is 260 g/mol. The van der Waals surface area contributed by atoms with E-state index in [1.54, 1.807) is 24.0 Å². The number of thioether (sulfide) groups is 1. The van der Waals surface area contributed by atoms with Crippen LogP contribution in [0.1, 0.15) is 18.2 Å². The molecule has 0 N–H and O–H groups in total. The lowest BCUT2D eigenvalue weighted by Crippen LogP contribution is -2.01. The van der Waals surface area contributed by atoms with Gasteiger partial charge in [-0.2, -0.15) is 10.5 Å². The van der Waals surface area contributed by atoms with Gasteiger partial charge in [-0.3, -0.25) is 4.98 Å². The van der Waals surface area contributed by atoms with Crippen LogP contribution in [-0.2, 0) is 4.84 Å². The van der Waals surface area contributed by atoms with Gasteiger partial charge in [0.15, 0.2) is 5.71 Å². The molecule has 1 heterocycles. The molecule has 0 fully saturated rings. The largest absolute Gasteiger partial charge is 0.379 e. The first kappa shape index (κ1) is 14.0. The maximum Gasteiger partial charge on any atom is 0.202 e. The van der Waals surface area contributed by atoms with Gasteiger partial charge in [-0.15, -0.1) is 11.8 Å². The van der Waals surface area contributed by atoms with E-state index in [0.29, 0.717) is 5.56 Å². The van der Waals surface area contributed by atoms with Crippen molar-refractivity contribution < 1.29 is 4.84 Å². The van der Waals surface area contributed by atoms with Crippen LogP contribution in [0.3, 0.4) is 0 Å². The Morgan fingerprint density at radius 2 is 2.33 bits per heavy atom. The molecule has 0 saturated heterocycles. The van der Waals surface area contributed by atoms with E-state index >= 15 is 0 Å². The van der Waals surface area contributed by atoms with Crippen LogP contribution in [0.25, 0.3) is 0 Å². The van der Waals surface area contributed by atoms with Crippen molar-refractivity contribution in [1.82, 2.24) is 4.98 Å². The van der Waals surface area contributed by atoms with E-state index in [1.807, 2.05) is 26.0 Å². The summed E-state index contributed by atoms with van der Waals surface area (Å²) in [5, 5.41) is 20.9. The number of aromatic nitrogens is 1. The highest BCUT2D eigenvalue weighted by Gasteiger charge is 2.08. The molecular formula is C12H12N4OS. The molecule has 1 aromatic rings. The van der Waals surface area contributed by atoms with Crippen LogP contribution in [-0.4, -0.2) is 23.1 Å². The highest BCUT2D eigenvalue weighted by atomic mass is 32.2. The van der Waals surface area contributed by atoms with Gasteiger partial charge in [0, 0.05) is 16.7 Å². The molecule has 6 heteroatoms. The number of nitriles is 2. The Bertz CT molecular complexity index is 528. The van der Waals surface area contributed by atoms with Crippen molar-refractivity contribution >= 4 is 17.5 Å². The SMILES string of the molecule is CCSc1cc(/C(C#N)=N/OCC#N)cnc1C. The minimum atomic E-state index is -0.180. The van der Waals surface area contributed by atoms with Crippen LogP contribution in [0.15, 0.2) is 22.3 Å². The van der Waals surface area contributed by atoms with Crippen LogP contribution in [0, 0.1) is 29.6 Å². The molecule has 1 rings (SSSR count). The Balaban J connectivity index is 3.01. The van der Waals surface area contributed by atoms with Gasteiger partial charge in [0.1, 0.15) is 12.1 Å². The van der Waals surface area contributed by atoms with E-state index in [1.165, 1.54) is 0 Å². The van der Waals surface area contributed by atoms with Gasteiger partial charge in [0.2, 0.25) is 6.61 Å². The van der Waals surface area contributed by atoms with Crippen molar-refractivity contribution in [2.45, 2.75) is 18.7 Å². The predicted octanol–water partition coefficient (Wildman–Crippen LogP) is 2.27. The molecule has 18 heavy (non-hydrogen) atoms. The minimum Gasteiger partial charge on any atom is -0.379 e. The standard InChI is InChI=1S/C12H12N4OS/c1-3-18-12-6-10(8-15-9(12)2)11(7-14)16-17-5-4-13/h6,8H,3,5H2,1-2H3/b16-11+. The molecule has 0 aliphatic heterocycles. The molecule has 0 atom stereocenters. The fraction of sp³-hybridized carbons (Fsp3) is 0.333. The predicted molar refractivity (Wildman–Crippen MR) is 69.1 cm³/mol. The molecule has 0 aliphatic rings. The van der Waals surface area contributed by atoms with Gasteiger partial charge in [-0.05, 0) is 18.7 Å². The second-order valence-electron chi connectivity index (χ2n) is 3.22. The quantitative estimate of drug-likeness (QED) is 0.351. The van der Waals surface area contributed by atoms with Gasteiger partial charge in [0.25, 0.3) is 0 Å². The summed E-state index contributed by atoms with van der Waals surface area (Å²) in [5.74, 6) is 0.927.